The van der Waals surface area contributed by atoms with Crippen LogP contribution in [0.5, 0.6) is 11.5 Å². The topological polar surface area (TPSA) is 21.7 Å². The lowest BCUT2D eigenvalue weighted by molar-refractivity contribution is 0.236. The van der Waals surface area contributed by atoms with Gasteiger partial charge in [0.15, 0.2) is 11.5 Å². The van der Waals surface area contributed by atoms with Crippen LogP contribution in [0.25, 0.3) is 0 Å². The molecule has 23 heavy (non-hydrogen) atoms. The average molecular weight is 313 g/mol. The lowest BCUT2D eigenvalue weighted by Crippen LogP contribution is -2.42. The maximum absolute atomic E-state index is 5.70. The van der Waals surface area contributed by atoms with Gasteiger partial charge in [0, 0.05) is 17.0 Å². The van der Waals surface area contributed by atoms with Gasteiger partial charge in [0.1, 0.15) is 0 Å². The summed E-state index contributed by atoms with van der Waals surface area (Å²) in [5.74, 6) is 2.51. The third-order valence-corrected chi connectivity index (χ3v) is 6.19. The second-order valence-corrected chi connectivity index (χ2v) is 7.39. The molecule has 3 heteroatoms. The van der Waals surface area contributed by atoms with Crippen LogP contribution in [-0.2, 0) is 5.41 Å². The molecule has 0 unspecified atom stereocenters. The Kier molecular flexibility index (Phi) is 3.64. The SMILES string of the molecule is COc1cc([C@]23CC=CC[C@@H]2N(C)CC3)cc(C2CC2)c1OC. The maximum atomic E-state index is 5.70. The van der Waals surface area contributed by atoms with E-state index in [1.807, 2.05) is 0 Å². The van der Waals surface area contributed by atoms with Crippen molar-refractivity contribution in [3.63, 3.8) is 0 Å². The van der Waals surface area contributed by atoms with E-state index in [1.54, 1.807) is 14.2 Å². The van der Waals surface area contributed by atoms with Gasteiger partial charge in [-0.1, -0.05) is 18.2 Å². The van der Waals surface area contributed by atoms with Gasteiger partial charge in [-0.15, -0.1) is 0 Å². The van der Waals surface area contributed by atoms with Crippen molar-refractivity contribution in [2.24, 2.45) is 0 Å². The largest absolute Gasteiger partial charge is 0.493 e. The fraction of sp³-hybridized carbons (Fsp3) is 0.600. The lowest BCUT2D eigenvalue weighted by Gasteiger charge is -2.40. The number of likely N-dealkylation sites (tertiary alicyclic amines) is 1. The van der Waals surface area contributed by atoms with Gasteiger partial charge >= 0.3 is 0 Å². The molecular weight excluding hydrogens is 286 g/mol. The minimum absolute atomic E-state index is 0.243. The van der Waals surface area contributed by atoms with Crippen LogP contribution in [0, 0.1) is 0 Å². The van der Waals surface area contributed by atoms with Gasteiger partial charge in [-0.25, -0.2) is 0 Å². The summed E-state index contributed by atoms with van der Waals surface area (Å²) < 4.78 is 11.4. The van der Waals surface area contributed by atoms with Crippen molar-refractivity contribution < 1.29 is 9.47 Å². The molecular formula is C20H27NO2. The minimum atomic E-state index is 0.243. The predicted molar refractivity (Wildman–Crippen MR) is 92.6 cm³/mol. The highest BCUT2D eigenvalue weighted by molar-refractivity contribution is 5.54. The van der Waals surface area contributed by atoms with E-state index >= 15 is 0 Å². The fourth-order valence-corrected chi connectivity index (χ4v) is 4.72. The van der Waals surface area contributed by atoms with Gasteiger partial charge in [-0.2, -0.15) is 0 Å². The number of hydrogen-bond acceptors (Lipinski definition) is 3. The standard InChI is InChI=1S/C20H27NO2/c1-21-11-10-20(9-5-4-6-18(20)21)15-12-16(14-7-8-14)19(23-3)17(13-15)22-2/h4-5,12-14,18H,6-11H2,1-3H3/t18-,20+/m0/s1. The van der Waals surface area contributed by atoms with Crippen molar-refractivity contribution in [3.8, 4) is 11.5 Å². The highest BCUT2D eigenvalue weighted by atomic mass is 16.5. The van der Waals surface area contributed by atoms with Gasteiger partial charge in [-0.3, -0.25) is 0 Å². The van der Waals surface area contributed by atoms with Gasteiger partial charge in [0.05, 0.1) is 14.2 Å². The van der Waals surface area contributed by atoms with Gasteiger partial charge in [-0.05, 0) is 63.2 Å². The predicted octanol–water partition coefficient (Wildman–Crippen LogP) is 3.87. The van der Waals surface area contributed by atoms with Gasteiger partial charge in [0.2, 0.25) is 0 Å². The summed E-state index contributed by atoms with van der Waals surface area (Å²) in [7, 11) is 5.79. The quantitative estimate of drug-likeness (QED) is 0.788. The zero-order chi connectivity index (χ0) is 16.0. The molecule has 3 nitrogen and oxygen atoms in total. The minimum Gasteiger partial charge on any atom is -0.493 e. The first-order chi connectivity index (χ1) is 11.2. The van der Waals surface area contributed by atoms with E-state index in [1.165, 1.54) is 36.9 Å². The number of fused-ring (bicyclic) bond motifs is 1. The molecule has 1 saturated heterocycles. The summed E-state index contributed by atoms with van der Waals surface area (Å²) in [6.45, 7) is 1.18. The number of methoxy groups -OCH3 is 2. The van der Waals surface area contributed by atoms with E-state index in [2.05, 4.69) is 36.2 Å². The Morgan fingerprint density at radius 3 is 2.65 bits per heavy atom. The smallest absolute Gasteiger partial charge is 0.164 e. The second kappa shape index (κ2) is 5.55. The van der Waals surface area contributed by atoms with Crippen LogP contribution < -0.4 is 9.47 Å². The van der Waals surface area contributed by atoms with E-state index in [9.17, 15) is 0 Å². The van der Waals surface area contributed by atoms with Crippen molar-refractivity contribution in [3.05, 3.63) is 35.4 Å². The highest BCUT2D eigenvalue weighted by Crippen LogP contribution is 2.52. The first-order valence-electron chi connectivity index (χ1n) is 8.81. The molecule has 1 aliphatic heterocycles. The molecule has 2 aliphatic carbocycles. The number of hydrogen-bond donors (Lipinski definition) is 0. The summed E-state index contributed by atoms with van der Waals surface area (Å²) in [6, 6.07) is 5.29. The number of allylic oxidation sites excluding steroid dienone is 1. The third kappa shape index (κ3) is 2.28. The fourth-order valence-electron chi connectivity index (χ4n) is 4.72. The molecule has 2 atom stereocenters. The Morgan fingerprint density at radius 2 is 1.96 bits per heavy atom. The van der Waals surface area contributed by atoms with E-state index in [0.29, 0.717) is 12.0 Å². The molecule has 0 aromatic heterocycles. The van der Waals surface area contributed by atoms with Crippen LogP contribution in [0.3, 0.4) is 0 Å². The summed E-state index contributed by atoms with van der Waals surface area (Å²) >= 11 is 0. The maximum Gasteiger partial charge on any atom is 0.164 e. The Hall–Kier alpha value is -1.48. The number of rotatable bonds is 4. The van der Waals surface area contributed by atoms with Crippen molar-refractivity contribution in [1.82, 2.24) is 4.90 Å². The molecule has 4 rings (SSSR count). The summed E-state index contributed by atoms with van der Waals surface area (Å²) in [5, 5.41) is 0. The second-order valence-electron chi connectivity index (χ2n) is 7.39. The van der Waals surface area contributed by atoms with Crippen molar-refractivity contribution in [2.45, 2.75) is 49.5 Å². The first-order valence-corrected chi connectivity index (χ1v) is 8.81. The van der Waals surface area contributed by atoms with E-state index in [-0.39, 0.29) is 5.41 Å². The number of nitrogens with zero attached hydrogens (tertiary/aromatic N) is 1. The van der Waals surface area contributed by atoms with Crippen LogP contribution in [0.15, 0.2) is 24.3 Å². The zero-order valence-corrected chi connectivity index (χ0v) is 14.5. The summed E-state index contributed by atoms with van der Waals surface area (Å²) in [5.41, 5.74) is 3.06. The van der Waals surface area contributed by atoms with Crippen LogP contribution >= 0.6 is 0 Å². The molecule has 0 amide bonds. The molecule has 0 bridgehead atoms. The first kappa shape index (κ1) is 15.1. The molecule has 0 spiro atoms. The monoisotopic (exact) mass is 313 g/mol. The number of benzene rings is 1. The molecule has 0 N–H and O–H groups in total. The van der Waals surface area contributed by atoms with Gasteiger partial charge in [0.25, 0.3) is 0 Å². The van der Waals surface area contributed by atoms with Crippen LogP contribution in [0.1, 0.15) is 49.1 Å². The molecule has 1 saturated carbocycles. The molecule has 1 aromatic carbocycles. The normalized spacial score (nSPS) is 30.3. The van der Waals surface area contributed by atoms with Crippen LogP contribution in [-0.4, -0.2) is 38.8 Å². The third-order valence-electron chi connectivity index (χ3n) is 6.19. The van der Waals surface area contributed by atoms with Crippen LogP contribution in [0.2, 0.25) is 0 Å². The Bertz CT molecular complexity index is 635. The molecule has 124 valence electrons. The van der Waals surface area contributed by atoms with Gasteiger partial charge < -0.3 is 14.4 Å². The zero-order valence-electron chi connectivity index (χ0n) is 14.5. The average Bonchev–Trinajstić information content (AvgIpc) is 3.38. The lowest BCUT2D eigenvalue weighted by atomic mass is 9.68. The van der Waals surface area contributed by atoms with E-state index in [4.69, 9.17) is 9.47 Å². The van der Waals surface area contributed by atoms with Crippen molar-refractivity contribution >= 4 is 0 Å². The molecule has 1 aromatic rings. The molecule has 1 heterocycles. The van der Waals surface area contributed by atoms with E-state index in [0.717, 1.165) is 24.3 Å². The van der Waals surface area contributed by atoms with Crippen molar-refractivity contribution in [1.29, 1.82) is 0 Å². The van der Waals surface area contributed by atoms with E-state index < -0.39 is 0 Å². The summed E-state index contributed by atoms with van der Waals surface area (Å²) in [4.78, 5) is 2.54. The summed E-state index contributed by atoms with van der Waals surface area (Å²) in [6.07, 6.45) is 10.8. The molecule has 0 radical (unpaired) electrons. The molecule has 3 aliphatic rings. The van der Waals surface area contributed by atoms with Crippen molar-refractivity contribution in [2.75, 3.05) is 27.8 Å². The number of likely N-dealkylation sites (N-methyl/N-ethyl adjacent to an activating group) is 1. The highest BCUT2D eigenvalue weighted by Gasteiger charge is 2.47. The Labute approximate surface area is 139 Å². The van der Waals surface area contributed by atoms with Crippen LogP contribution in [0.4, 0.5) is 0 Å². The Morgan fingerprint density at radius 1 is 1.13 bits per heavy atom. The molecule has 2 fully saturated rings. The number of ether oxygens (including phenoxy) is 2. The Balaban J connectivity index is 1.85.